The Balaban J connectivity index is 1.80. The molecule has 0 amide bonds. The van der Waals surface area contributed by atoms with E-state index >= 15 is 0 Å². The van der Waals surface area contributed by atoms with E-state index in [0.717, 1.165) is 11.3 Å². The van der Waals surface area contributed by atoms with Gasteiger partial charge in [0.05, 0.1) is 13.2 Å². The fourth-order valence-electron chi connectivity index (χ4n) is 3.94. The van der Waals surface area contributed by atoms with Crippen LogP contribution in [-0.2, 0) is 9.53 Å². The largest absolute Gasteiger partial charge is 0.497 e. The van der Waals surface area contributed by atoms with Crippen molar-refractivity contribution in [2.24, 2.45) is 5.92 Å². The Bertz CT molecular complexity index is 1120. The van der Waals surface area contributed by atoms with E-state index in [-0.39, 0.29) is 18.3 Å². The van der Waals surface area contributed by atoms with Crippen molar-refractivity contribution in [3.63, 3.8) is 0 Å². The molecule has 1 aliphatic rings. The van der Waals surface area contributed by atoms with Crippen molar-refractivity contribution in [2.45, 2.75) is 13.0 Å². The Morgan fingerprint density at radius 1 is 0.906 bits per heavy atom. The number of hydrogen-bond donors (Lipinski definition) is 0. The second-order valence-corrected chi connectivity index (χ2v) is 7.59. The van der Waals surface area contributed by atoms with E-state index in [0.29, 0.717) is 16.9 Å². The van der Waals surface area contributed by atoms with Crippen molar-refractivity contribution in [3.05, 3.63) is 95.6 Å². The number of carbonyl (C=O) groups excluding carboxylic acids is 3. The summed E-state index contributed by atoms with van der Waals surface area (Å²) in [6, 6.07) is 22.5. The van der Waals surface area contributed by atoms with Crippen molar-refractivity contribution in [3.8, 4) is 5.75 Å². The fraction of sp³-hybridized carbons (Fsp3) is 0.192. The third-order valence-electron chi connectivity index (χ3n) is 5.65. The number of ketones is 2. The van der Waals surface area contributed by atoms with Gasteiger partial charge in [-0.2, -0.15) is 0 Å². The maximum Gasteiger partial charge on any atom is 0.321 e. The highest BCUT2D eigenvalue weighted by Crippen LogP contribution is 2.39. The van der Waals surface area contributed by atoms with E-state index in [4.69, 9.17) is 9.47 Å². The molecule has 0 spiro atoms. The van der Waals surface area contributed by atoms with Gasteiger partial charge in [0.15, 0.2) is 18.3 Å². The van der Waals surface area contributed by atoms with Crippen LogP contribution in [0.4, 0.5) is 5.69 Å². The topological polar surface area (TPSA) is 72.9 Å². The zero-order valence-corrected chi connectivity index (χ0v) is 17.9. The van der Waals surface area contributed by atoms with Gasteiger partial charge in [-0.1, -0.05) is 42.5 Å². The van der Waals surface area contributed by atoms with Gasteiger partial charge in [0.25, 0.3) is 0 Å². The summed E-state index contributed by atoms with van der Waals surface area (Å²) < 4.78 is 10.7. The van der Waals surface area contributed by atoms with Crippen LogP contribution in [0.15, 0.2) is 78.9 Å². The van der Waals surface area contributed by atoms with Gasteiger partial charge in [-0.15, -0.1) is 0 Å². The van der Waals surface area contributed by atoms with E-state index in [9.17, 15) is 14.4 Å². The monoisotopic (exact) mass is 429 g/mol. The van der Waals surface area contributed by atoms with Gasteiger partial charge < -0.3 is 14.4 Å². The minimum absolute atomic E-state index is 0.00643. The predicted octanol–water partition coefficient (Wildman–Crippen LogP) is 4.46. The summed E-state index contributed by atoms with van der Waals surface area (Å²) in [7, 11) is 1.58. The lowest BCUT2D eigenvalue weighted by Crippen LogP contribution is -2.48. The molecule has 0 aliphatic carbocycles. The molecular formula is C26H23NO5. The lowest BCUT2D eigenvalue weighted by molar-refractivity contribution is -0.151. The number of anilines is 1. The second-order valence-electron chi connectivity index (χ2n) is 7.59. The van der Waals surface area contributed by atoms with E-state index in [1.165, 1.54) is 6.92 Å². The number of rotatable bonds is 6. The highest BCUT2D eigenvalue weighted by Gasteiger charge is 2.44. The maximum absolute atomic E-state index is 13.4. The molecule has 3 aromatic rings. The third kappa shape index (κ3) is 4.12. The van der Waals surface area contributed by atoms with Gasteiger partial charge in [0.2, 0.25) is 0 Å². The van der Waals surface area contributed by atoms with Crippen LogP contribution in [0, 0.1) is 5.92 Å². The SMILES string of the molecule is COc1ccc(C2C(C(=O)c3ccccc3)C(=O)OCN2c2ccc(C(C)=O)cc2)cc1. The molecule has 0 bridgehead atoms. The lowest BCUT2D eigenvalue weighted by atomic mass is 9.84. The average molecular weight is 429 g/mol. The molecule has 6 heteroatoms. The highest BCUT2D eigenvalue weighted by molar-refractivity contribution is 6.10. The molecule has 32 heavy (non-hydrogen) atoms. The molecule has 1 aliphatic heterocycles. The lowest BCUT2D eigenvalue weighted by Gasteiger charge is -2.41. The van der Waals surface area contributed by atoms with E-state index < -0.39 is 17.9 Å². The molecule has 0 saturated carbocycles. The minimum Gasteiger partial charge on any atom is -0.497 e. The van der Waals surface area contributed by atoms with Crippen molar-refractivity contribution >= 4 is 23.2 Å². The van der Waals surface area contributed by atoms with Gasteiger partial charge in [0, 0.05) is 16.8 Å². The molecule has 2 unspecified atom stereocenters. The Labute approximate surface area is 186 Å². The summed E-state index contributed by atoms with van der Waals surface area (Å²) in [4.78, 5) is 39.9. The summed E-state index contributed by atoms with van der Waals surface area (Å²) in [6.45, 7) is 1.50. The average Bonchev–Trinajstić information content (AvgIpc) is 2.84. The van der Waals surface area contributed by atoms with Crippen molar-refractivity contribution in [2.75, 3.05) is 18.7 Å². The van der Waals surface area contributed by atoms with Crippen molar-refractivity contribution in [1.29, 1.82) is 0 Å². The smallest absolute Gasteiger partial charge is 0.321 e. The van der Waals surface area contributed by atoms with Crippen LogP contribution in [0.25, 0.3) is 0 Å². The van der Waals surface area contributed by atoms with E-state index in [1.807, 2.05) is 23.1 Å². The summed E-state index contributed by atoms with van der Waals surface area (Å²) >= 11 is 0. The zero-order chi connectivity index (χ0) is 22.7. The first-order valence-electron chi connectivity index (χ1n) is 10.3. The number of esters is 1. The van der Waals surface area contributed by atoms with Gasteiger partial charge in [-0.3, -0.25) is 14.4 Å². The van der Waals surface area contributed by atoms with Crippen LogP contribution in [0.3, 0.4) is 0 Å². The zero-order valence-electron chi connectivity index (χ0n) is 17.9. The Hall–Kier alpha value is -3.93. The van der Waals surface area contributed by atoms with E-state index in [2.05, 4.69) is 0 Å². The number of methoxy groups -OCH3 is 1. The first-order valence-corrected chi connectivity index (χ1v) is 10.3. The molecule has 1 heterocycles. The molecule has 2 atom stereocenters. The Morgan fingerprint density at radius 3 is 2.16 bits per heavy atom. The molecule has 0 aromatic heterocycles. The Morgan fingerprint density at radius 2 is 1.56 bits per heavy atom. The van der Waals surface area contributed by atoms with Crippen molar-refractivity contribution in [1.82, 2.24) is 0 Å². The van der Waals surface area contributed by atoms with Crippen LogP contribution in [0.5, 0.6) is 5.75 Å². The summed E-state index contributed by atoms with van der Waals surface area (Å²) in [5, 5.41) is 0. The molecule has 6 nitrogen and oxygen atoms in total. The highest BCUT2D eigenvalue weighted by atomic mass is 16.5. The summed E-state index contributed by atoms with van der Waals surface area (Å²) in [5.41, 5.74) is 2.56. The number of benzene rings is 3. The molecular weight excluding hydrogens is 406 g/mol. The number of carbonyl (C=O) groups is 3. The number of nitrogens with zero attached hydrogens (tertiary/aromatic N) is 1. The number of hydrogen-bond acceptors (Lipinski definition) is 6. The molecule has 3 aromatic carbocycles. The van der Waals surface area contributed by atoms with Crippen LogP contribution < -0.4 is 9.64 Å². The number of Topliss-reactive ketones (excluding diaryl/α,β-unsaturated/α-hetero) is 2. The second kappa shape index (κ2) is 9.06. The quantitative estimate of drug-likeness (QED) is 0.327. The third-order valence-corrected chi connectivity index (χ3v) is 5.65. The molecule has 1 saturated heterocycles. The van der Waals surface area contributed by atoms with Crippen molar-refractivity contribution < 1.29 is 23.9 Å². The van der Waals surface area contributed by atoms with Gasteiger partial charge >= 0.3 is 5.97 Å². The first kappa shape index (κ1) is 21.3. The number of ether oxygens (including phenoxy) is 2. The summed E-state index contributed by atoms with van der Waals surface area (Å²) in [6.07, 6.45) is 0. The van der Waals surface area contributed by atoms with Gasteiger partial charge in [-0.05, 0) is 48.9 Å². The minimum atomic E-state index is -1.05. The van der Waals surface area contributed by atoms with Gasteiger partial charge in [0.1, 0.15) is 11.7 Å². The molecule has 4 rings (SSSR count). The maximum atomic E-state index is 13.4. The van der Waals surface area contributed by atoms with E-state index in [1.54, 1.807) is 67.8 Å². The van der Waals surface area contributed by atoms with Crippen LogP contribution in [0.1, 0.15) is 39.2 Å². The van der Waals surface area contributed by atoms with Gasteiger partial charge in [-0.25, -0.2) is 0 Å². The van der Waals surface area contributed by atoms with Crippen LogP contribution in [-0.4, -0.2) is 31.4 Å². The normalized spacial score (nSPS) is 18.1. The molecule has 0 N–H and O–H groups in total. The van der Waals surface area contributed by atoms with Crippen LogP contribution >= 0.6 is 0 Å². The first-order chi connectivity index (χ1) is 15.5. The summed E-state index contributed by atoms with van der Waals surface area (Å²) in [5.74, 6) is -1.27. The fourth-order valence-corrected chi connectivity index (χ4v) is 3.94. The molecule has 1 fully saturated rings. The predicted molar refractivity (Wildman–Crippen MR) is 120 cm³/mol. The standard InChI is InChI=1S/C26H23NO5/c1-17(28)18-8-12-21(13-9-18)27-16-32-26(30)23(25(29)20-6-4-3-5-7-20)24(27)19-10-14-22(31-2)15-11-19/h3-15,23-24H,16H2,1-2H3. The molecule has 0 radical (unpaired) electrons. The number of cyclic esters (lactones) is 1. The Kier molecular flexibility index (Phi) is 6.03. The van der Waals surface area contributed by atoms with Crippen LogP contribution in [0.2, 0.25) is 0 Å². The molecule has 162 valence electrons.